The fraction of sp³-hybridized carbons (Fsp3) is 0.462. The maximum atomic E-state index is 11.9. The van der Waals surface area contributed by atoms with Gasteiger partial charge in [-0.15, -0.1) is 0 Å². The van der Waals surface area contributed by atoms with Crippen LogP contribution in [0.25, 0.3) is 0 Å². The van der Waals surface area contributed by atoms with Gasteiger partial charge in [0.05, 0.1) is 5.56 Å². The van der Waals surface area contributed by atoms with E-state index in [1.54, 1.807) is 0 Å². The molecule has 4 nitrogen and oxygen atoms in total. The van der Waals surface area contributed by atoms with Crippen LogP contribution in [0.3, 0.4) is 0 Å². The second-order valence-electron chi connectivity index (χ2n) is 4.96. The summed E-state index contributed by atoms with van der Waals surface area (Å²) in [5.74, 6) is -1.05. The third-order valence-corrected chi connectivity index (χ3v) is 3.15. The van der Waals surface area contributed by atoms with E-state index in [1.165, 1.54) is 18.2 Å². The van der Waals surface area contributed by atoms with E-state index >= 15 is 0 Å². The van der Waals surface area contributed by atoms with Crippen molar-refractivity contribution in [1.82, 2.24) is 5.32 Å². The van der Waals surface area contributed by atoms with Gasteiger partial charge in [-0.1, -0.05) is 35.8 Å². The number of phenols is 2. The molecule has 0 saturated carbocycles. The predicted octanol–water partition coefficient (Wildman–Crippen LogP) is 2.64. The fourth-order valence-electron chi connectivity index (χ4n) is 1.47. The van der Waals surface area contributed by atoms with Crippen molar-refractivity contribution in [2.45, 2.75) is 20.3 Å². The highest BCUT2D eigenvalue weighted by atomic mass is 79.9. The summed E-state index contributed by atoms with van der Waals surface area (Å²) in [6, 6.07) is 4.33. The summed E-state index contributed by atoms with van der Waals surface area (Å²) in [5.41, 5.74) is 0.0654. The average molecular weight is 316 g/mol. The Balaban J connectivity index is 2.69. The highest BCUT2D eigenvalue weighted by molar-refractivity contribution is 9.09. The molecular formula is C13H18BrNO3. The van der Waals surface area contributed by atoms with Gasteiger partial charge < -0.3 is 15.5 Å². The van der Waals surface area contributed by atoms with Gasteiger partial charge in [-0.3, -0.25) is 4.79 Å². The molecule has 0 bridgehead atoms. The minimum absolute atomic E-state index is 0.0222. The molecule has 1 aromatic carbocycles. The van der Waals surface area contributed by atoms with Crippen molar-refractivity contribution in [2.24, 2.45) is 5.41 Å². The van der Waals surface area contributed by atoms with E-state index in [2.05, 4.69) is 35.1 Å². The number of phenolic OH excluding ortho intramolecular Hbond substituents is 2. The Morgan fingerprint density at radius 1 is 1.39 bits per heavy atom. The van der Waals surface area contributed by atoms with Crippen molar-refractivity contribution in [3.63, 3.8) is 0 Å². The quantitative estimate of drug-likeness (QED) is 0.578. The van der Waals surface area contributed by atoms with Crippen LogP contribution in [0.15, 0.2) is 18.2 Å². The lowest BCUT2D eigenvalue weighted by Gasteiger charge is -2.24. The number of aromatic hydroxyl groups is 2. The zero-order valence-corrected chi connectivity index (χ0v) is 12.1. The molecule has 100 valence electrons. The molecule has 0 saturated heterocycles. The minimum Gasteiger partial charge on any atom is -0.504 e. The van der Waals surface area contributed by atoms with Gasteiger partial charge in [0.15, 0.2) is 11.5 Å². The summed E-state index contributed by atoms with van der Waals surface area (Å²) in [4.78, 5) is 11.9. The number of alkyl halides is 1. The topological polar surface area (TPSA) is 69.6 Å². The van der Waals surface area contributed by atoms with Crippen LogP contribution in [0, 0.1) is 5.41 Å². The normalized spacial score (nSPS) is 11.3. The van der Waals surface area contributed by atoms with Crippen molar-refractivity contribution in [1.29, 1.82) is 0 Å². The lowest BCUT2D eigenvalue weighted by molar-refractivity contribution is 0.0932. The van der Waals surface area contributed by atoms with Crippen LogP contribution in [0.5, 0.6) is 11.5 Å². The first-order chi connectivity index (χ1) is 8.37. The van der Waals surface area contributed by atoms with Gasteiger partial charge >= 0.3 is 0 Å². The van der Waals surface area contributed by atoms with E-state index in [0.29, 0.717) is 6.54 Å². The number of halogens is 1. The first kappa shape index (κ1) is 14.8. The second kappa shape index (κ2) is 6.09. The van der Waals surface area contributed by atoms with E-state index in [0.717, 1.165) is 11.8 Å². The molecule has 0 aromatic heterocycles. The molecule has 0 fully saturated rings. The Labute approximate surface area is 115 Å². The molecular weight excluding hydrogens is 298 g/mol. The smallest absolute Gasteiger partial charge is 0.255 e. The highest BCUT2D eigenvalue weighted by Gasteiger charge is 2.20. The Kier molecular flexibility index (Phi) is 5.02. The summed E-state index contributed by atoms with van der Waals surface area (Å²) in [5, 5.41) is 22.5. The van der Waals surface area contributed by atoms with E-state index < -0.39 is 0 Å². The van der Waals surface area contributed by atoms with Gasteiger partial charge in [0.25, 0.3) is 5.91 Å². The molecule has 3 N–H and O–H groups in total. The number of carbonyl (C=O) groups excluding carboxylic acids is 1. The molecule has 0 radical (unpaired) electrons. The molecule has 0 aliphatic carbocycles. The molecule has 0 unspecified atom stereocenters. The Morgan fingerprint density at radius 3 is 2.67 bits per heavy atom. The molecule has 1 rings (SSSR count). The van der Waals surface area contributed by atoms with E-state index in [4.69, 9.17) is 0 Å². The molecule has 5 heteroatoms. The Morgan fingerprint density at radius 2 is 2.06 bits per heavy atom. The summed E-state index contributed by atoms with van der Waals surface area (Å²) >= 11 is 3.37. The Hall–Kier alpha value is -1.23. The number of benzene rings is 1. The van der Waals surface area contributed by atoms with Crippen molar-refractivity contribution in [3.05, 3.63) is 23.8 Å². The first-order valence-electron chi connectivity index (χ1n) is 5.72. The van der Waals surface area contributed by atoms with Crippen LogP contribution < -0.4 is 5.32 Å². The zero-order valence-electron chi connectivity index (χ0n) is 10.5. The van der Waals surface area contributed by atoms with E-state index in [9.17, 15) is 15.0 Å². The Bertz CT molecular complexity index is 432. The molecule has 0 aliphatic heterocycles. The van der Waals surface area contributed by atoms with Crippen molar-refractivity contribution >= 4 is 21.8 Å². The van der Waals surface area contributed by atoms with Crippen LogP contribution >= 0.6 is 15.9 Å². The van der Waals surface area contributed by atoms with E-state index in [-0.39, 0.29) is 28.4 Å². The van der Waals surface area contributed by atoms with Crippen molar-refractivity contribution < 1.29 is 15.0 Å². The van der Waals surface area contributed by atoms with Gasteiger partial charge in [0.2, 0.25) is 0 Å². The van der Waals surface area contributed by atoms with Gasteiger partial charge in [0.1, 0.15) is 0 Å². The molecule has 0 atom stereocenters. The van der Waals surface area contributed by atoms with Crippen LogP contribution in [0.4, 0.5) is 0 Å². The number of nitrogens with one attached hydrogen (secondary N) is 1. The lowest BCUT2D eigenvalue weighted by Crippen LogP contribution is -2.34. The number of hydrogen-bond acceptors (Lipinski definition) is 3. The number of para-hydroxylation sites is 1. The monoisotopic (exact) mass is 315 g/mol. The number of rotatable bonds is 5. The van der Waals surface area contributed by atoms with Gasteiger partial charge in [-0.05, 0) is 24.0 Å². The summed E-state index contributed by atoms with van der Waals surface area (Å²) in [6.07, 6.45) is 0.930. The zero-order chi connectivity index (χ0) is 13.8. The second-order valence-corrected chi connectivity index (χ2v) is 5.75. The maximum absolute atomic E-state index is 11.9. The van der Waals surface area contributed by atoms with Gasteiger partial charge in [0, 0.05) is 11.9 Å². The SMILES string of the molecule is CC(C)(CCBr)CNC(=O)c1cccc(O)c1O. The summed E-state index contributed by atoms with van der Waals surface area (Å²) in [7, 11) is 0. The number of hydrogen-bond donors (Lipinski definition) is 3. The van der Waals surface area contributed by atoms with E-state index in [1.807, 2.05) is 0 Å². The molecule has 1 aromatic rings. The summed E-state index contributed by atoms with van der Waals surface area (Å²) in [6.45, 7) is 4.61. The fourth-order valence-corrected chi connectivity index (χ4v) is 2.55. The third kappa shape index (κ3) is 3.91. The van der Waals surface area contributed by atoms with Crippen LogP contribution in [-0.2, 0) is 0 Å². The number of carbonyl (C=O) groups is 1. The van der Waals surface area contributed by atoms with Gasteiger partial charge in [-0.25, -0.2) is 0 Å². The van der Waals surface area contributed by atoms with Crippen LogP contribution in [0.1, 0.15) is 30.6 Å². The minimum atomic E-state index is -0.383. The lowest BCUT2D eigenvalue weighted by atomic mass is 9.90. The molecule has 0 aliphatic rings. The van der Waals surface area contributed by atoms with Crippen molar-refractivity contribution in [3.8, 4) is 11.5 Å². The standard InChI is InChI=1S/C13H18BrNO3/c1-13(2,6-7-14)8-15-12(18)9-4-3-5-10(16)11(9)17/h3-5,16-17H,6-8H2,1-2H3,(H,15,18). The van der Waals surface area contributed by atoms with Crippen LogP contribution in [0.2, 0.25) is 0 Å². The predicted molar refractivity (Wildman–Crippen MR) is 74.3 cm³/mol. The number of amides is 1. The summed E-state index contributed by atoms with van der Waals surface area (Å²) < 4.78 is 0. The van der Waals surface area contributed by atoms with Crippen molar-refractivity contribution in [2.75, 3.05) is 11.9 Å². The first-order valence-corrected chi connectivity index (χ1v) is 6.84. The molecule has 1 amide bonds. The molecule has 0 heterocycles. The van der Waals surface area contributed by atoms with Crippen LogP contribution in [-0.4, -0.2) is 28.0 Å². The maximum Gasteiger partial charge on any atom is 0.255 e. The molecule has 0 spiro atoms. The third-order valence-electron chi connectivity index (χ3n) is 2.76. The highest BCUT2D eigenvalue weighted by Crippen LogP contribution is 2.28. The largest absolute Gasteiger partial charge is 0.504 e. The average Bonchev–Trinajstić information content (AvgIpc) is 2.30. The molecule has 18 heavy (non-hydrogen) atoms. The van der Waals surface area contributed by atoms with Gasteiger partial charge in [-0.2, -0.15) is 0 Å².